The smallest absolute Gasteiger partial charge is 0.318 e. The van der Waals surface area contributed by atoms with E-state index >= 15 is 0 Å². The fourth-order valence-corrected chi connectivity index (χ4v) is 4.19. The molecule has 4 rings (SSSR count). The van der Waals surface area contributed by atoms with Crippen molar-refractivity contribution in [3.05, 3.63) is 30.1 Å². The number of nitriles is 1. The lowest BCUT2D eigenvalue weighted by atomic mass is 9.94. The molecule has 2 N–H and O–H groups in total. The molecule has 9 heteroatoms. The number of pyridine rings is 1. The number of amides is 3. The number of hydrogen-bond donors (Lipinski definition) is 2. The molecule has 2 heterocycles. The third-order valence-electron chi connectivity index (χ3n) is 6.72. The van der Waals surface area contributed by atoms with E-state index in [1.165, 1.54) is 37.4 Å². The van der Waals surface area contributed by atoms with Crippen molar-refractivity contribution in [2.75, 3.05) is 13.1 Å². The fraction of sp³-hybridized carbons (Fsp3) is 0.636. The standard InChI is InChI=1S/C22H27F2N5O2/c23-22(24,13-16-1-9-26-10-2-16)14-17(18(30)28-21(15-25)5-6-21)27-19(31)29-11-7-20(3-4-20)8-12-29/h1-2,9-10,17H,3-8,11-14H2,(H,27,31)(H,28,30)/t17-/m0/s1. The van der Waals surface area contributed by atoms with Gasteiger partial charge >= 0.3 is 6.03 Å². The first-order valence-corrected chi connectivity index (χ1v) is 10.8. The second-order valence-electron chi connectivity index (χ2n) is 9.26. The van der Waals surface area contributed by atoms with Gasteiger partial charge in [-0.05, 0) is 61.6 Å². The summed E-state index contributed by atoms with van der Waals surface area (Å²) >= 11 is 0. The lowest BCUT2D eigenvalue weighted by Gasteiger charge is -2.34. The van der Waals surface area contributed by atoms with E-state index in [9.17, 15) is 23.6 Å². The molecule has 0 unspecified atom stereocenters. The normalized spacial score (nSPS) is 21.6. The number of nitrogens with zero attached hydrogens (tertiary/aromatic N) is 3. The van der Waals surface area contributed by atoms with Crippen LogP contribution in [0, 0.1) is 16.7 Å². The Morgan fingerprint density at radius 3 is 2.35 bits per heavy atom. The molecule has 166 valence electrons. The first kappa shape index (κ1) is 21.5. The Morgan fingerprint density at radius 2 is 1.81 bits per heavy atom. The van der Waals surface area contributed by atoms with Crippen LogP contribution in [-0.2, 0) is 11.2 Å². The maximum atomic E-state index is 14.8. The van der Waals surface area contributed by atoms with Crippen LogP contribution in [0.25, 0.3) is 0 Å². The molecule has 0 radical (unpaired) electrons. The van der Waals surface area contributed by atoms with Gasteiger partial charge in [0.05, 0.1) is 6.07 Å². The molecular formula is C22H27F2N5O2. The zero-order valence-electron chi connectivity index (χ0n) is 17.4. The Morgan fingerprint density at radius 1 is 1.16 bits per heavy atom. The van der Waals surface area contributed by atoms with Gasteiger partial charge in [-0.2, -0.15) is 5.26 Å². The van der Waals surface area contributed by atoms with E-state index in [2.05, 4.69) is 15.6 Å². The molecule has 1 atom stereocenters. The zero-order valence-corrected chi connectivity index (χ0v) is 17.4. The van der Waals surface area contributed by atoms with Crippen LogP contribution in [0.1, 0.15) is 50.5 Å². The van der Waals surface area contributed by atoms with Crippen molar-refractivity contribution in [1.29, 1.82) is 5.26 Å². The molecule has 3 amide bonds. The topological polar surface area (TPSA) is 98.1 Å². The van der Waals surface area contributed by atoms with Crippen LogP contribution in [0.5, 0.6) is 0 Å². The van der Waals surface area contributed by atoms with Crippen LogP contribution in [0.2, 0.25) is 0 Å². The van der Waals surface area contributed by atoms with Crippen molar-refractivity contribution < 1.29 is 18.4 Å². The predicted octanol–water partition coefficient (Wildman–Crippen LogP) is 2.78. The highest BCUT2D eigenvalue weighted by molar-refractivity contribution is 5.88. The van der Waals surface area contributed by atoms with Gasteiger partial charge in [-0.3, -0.25) is 9.78 Å². The molecule has 0 bridgehead atoms. The molecule has 0 aromatic carbocycles. The zero-order chi connectivity index (χ0) is 22.1. The van der Waals surface area contributed by atoms with Crippen molar-refractivity contribution in [2.24, 2.45) is 5.41 Å². The third kappa shape index (κ3) is 5.30. The molecule has 1 aromatic rings. The molecule has 1 aromatic heterocycles. The highest BCUT2D eigenvalue weighted by atomic mass is 19.3. The summed E-state index contributed by atoms with van der Waals surface area (Å²) in [6.07, 6.45) is 6.62. The lowest BCUT2D eigenvalue weighted by molar-refractivity contribution is -0.126. The summed E-state index contributed by atoms with van der Waals surface area (Å²) in [6.45, 7) is 1.13. The maximum absolute atomic E-state index is 14.8. The first-order chi connectivity index (χ1) is 14.7. The largest absolute Gasteiger partial charge is 0.336 e. The van der Waals surface area contributed by atoms with Gasteiger partial charge in [-0.15, -0.1) is 0 Å². The summed E-state index contributed by atoms with van der Waals surface area (Å²) in [4.78, 5) is 31.0. The SMILES string of the molecule is N#CC1(NC(=O)[C@H](CC(F)(F)Cc2ccncc2)NC(=O)N2CCC3(CC2)CC3)CC1. The summed E-state index contributed by atoms with van der Waals surface area (Å²) in [7, 11) is 0. The van der Waals surface area contributed by atoms with Crippen molar-refractivity contribution in [2.45, 2.75) is 68.9 Å². The minimum Gasteiger partial charge on any atom is -0.336 e. The third-order valence-corrected chi connectivity index (χ3v) is 6.72. The van der Waals surface area contributed by atoms with Gasteiger partial charge in [0, 0.05) is 38.3 Å². The van der Waals surface area contributed by atoms with Crippen LogP contribution >= 0.6 is 0 Å². The quantitative estimate of drug-likeness (QED) is 0.694. The van der Waals surface area contributed by atoms with Gasteiger partial charge in [0.15, 0.2) is 0 Å². The highest BCUT2D eigenvalue weighted by Crippen LogP contribution is 2.53. The summed E-state index contributed by atoms with van der Waals surface area (Å²) in [6, 6.07) is 3.09. The van der Waals surface area contributed by atoms with E-state index in [0.717, 1.165) is 12.8 Å². The number of carbonyl (C=O) groups excluding carboxylic acids is 2. The minimum atomic E-state index is -3.22. The van der Waals surface area contributed by atoms with Gasteiger partial charge in [0.1, 0.15) is 11.6 Å². The number of hydrogen-bond acceptors (Lipinski definition) is 4. The molecule has 7 nitrogen and oxygen atoms in total. The number of likely N-dealkylation sites (tertiary alicyclic amines) is 1. The Labute approximate surface area is 180 Å². The number of urea groups is 1. The van der Waals surface area contributed by atoms with Crippen LogP contribution in [0.4, 0.5) is 13.6 Å². The van der Waals surface area contributed by atoms with E-state index in [0.29, 0.717) is 36.9 Å². The summed E-state index contributed by atoms with van der Waals surface area (Å²) in [5, 5.41) is 14.3. The minimum absolute atomic E-state index is 0.371. The second kappa shape index (κ2) is 8.06. The second-order valence-corrected chi connectivity index (χ2v) is 9.26. The average Bonchev–Trinajstić information content (AvgIpc) is 3.67. The van der Waals surface area contributed by atoms with E-state index in [-0.39, 0.29) is 0 Å². The molecule has 3 aliphatic rings. The molecular weight excluding hydrogens is 404 g/mol. The fourth-order valence-electron chi connectivity index (χ4n) is 4.19. The summed E-state index contributed by atoms with van der Waals surface area (Å²) in [5.74, 6) is -3.96. The van der Waals surface area contributed by atoms with Crippen molar-refractivity contribution >= 4 is 11.9 Å². The molecule has 3 fully saturated rings. The summed E-state index contributed by atoms with van der Waals surface area (Å²) < 4.78 is 29.6. The van der Waals surface area contributed by atoms with Crippen molar-refractivity contribution in [3.8, 4) is 6.07 Å². The van der Waals surface area contributed by atoms with Crippen molar-refractivity contribution in [3.63, 3.8) is 0 Å². The van der Waals surface area contributed by atoms with E-state index < -0.39 is 42.3 Å². The number of rotatable bonds is 7. The Bertz CT molecular complexity index is 868. The first-order valence-electron chi connectivity index (χ1n) is 10.8. The van der Waals surface area contributed by atoms with Gasteiger partial charge in [0.25, 0.3) is 5.92 Å². The number of alkyl halides is 2. The van der Waals surface area contributed by atoms with Gasteiger partial charge in [0.2, 0.25) is 5.91 Å². The monoisotopic (exact) mass is 431 g/mol. The molecule has 2 saturated carbocycles. The van der Waals surface area contributed by atoms with E-state index in [1.807, 2.05) is 6.07 Å². The van der Waals surface area contributed by atoms with Crippen LogP contribution in [-0.4, -0.2) is 52.4 Å². The van der Waals surface area contributed by atoms with Crippen LogP contribution < -0.4 is 10.6 Å². The van der Waals surface area contributed by atoms with Gasteiger partial charge in [-0.25, -0.2) is 13.6 Å². The lowest BCUT2D eigenvalue weighted by Crippen LogP contribution is -2.56. The van der Waals surface area contributed by atoms with Crippen LogP contribution in [0.15, 0.2) is 24.5 Å². The highest BCUT2D eigenvalue weighted by Gasteiger charge is 2.48. The predicted molar refractivity (Wildman–Crippen MR) is 108 cm³/mol. The van der Waals surface area contributed by atoms with Gasteiger partial charge in [-0.1, -0.05) is 0 Å². The number of halogens is 2. The Kier molecular flexibility index (Phi) is 5.58. The molecule has 2 aliphatic carbocycles. The number of nitrogens with one attached hydrogen (secondary N) is 2. The molecule has 31 heavy (non-hydrogen) atoms. The molecule has 1 aliphatic heterocycles. The molecule has 1 saturated heterocycles. The summed E-state index contributed by atoms with van der Waals surface area (Å²) in [5.41, 5.74) is -0.229. The number of piperidine rings is 1. The molecule has 1 spiro atoms. The Balaban J connectivity index is 1.42. The van der Waals surface area contributed by atoms with Crippen LogP contribution in [0.3, 0.4) is 0 Å². The maximum Gasteiger partial charge on any atom is 0.318 e. The van der Waals surface area contributed by atoms with E-state index in [1.54, 1.807) is 4.90 Å². The number of aromatic nitrogens is 1. The van der Waals surface area contributed by atoms with Gasteiger partial charge < -0.3 is 15.5 Å². The Hall–Kier alpha value is -2.76. The average molecular weight is 431 g/mol. The van der Waals surface area contributed by atoms with E-state index in [4.69, 9.17) is 0 Å². The van der Waals surface area contributed by atoms with Crippen molar-refractivity contribution in [1.82, 2.24) is 20.5 Å². The number of carbonyl (C=O) groups is 2.